The summed E-state index contributed by atoms with van der Waals surface area (Å²) in [5, 5.41) is 0.837. The number of nitrogens with zero attached hydrogens (tertiary/aromatic N) is 3. The van der Waals surface area contributed by atoms with Crippen LogP contribution in [0.1, 0.15) is 18.5 Å². The SMILES string of the molecule is CSc1nc(C)cc(N2CCC3(CC2)OCCO3)n1. The zero-order valence-corrected chi connectivity index (χ0v) is 12.2. The molecule has 0 radical (unpaired) electrons. The van der Waals surface area contributed by atoms with Gasteiger partial charge in [-0.2, -0.15) is 0 Å². The van der Waals surface area contributed by atoms with Crippen LogP contribution >= 0.6 is 11.8 Å². The fraction of sp³-hybridized carbons (Fsp3) is 0.692. The molecule has 0 saturated carbocycles. The van der Waals surface area contributed by atoms with Crippen molar-refractivity contribution in [3.63, 3.8) is 0 Å². The lowest BCUT2D eigenvalue weighted by atomic mass is 10.0. The third-order valence-electron chi connectivity index (χ3n) is 3.67. The van der Waals surface area contributed by atoms with Gasteiger partial charge in [-0.25, -0.2) is 9.97 Å². The van der Waals surface area contributed by atoms with Crippen LogP contribution in [0.2, 0.25) is 0 Å². The highest BCUT2D eigenvalue weighted by atomic mass is 32.2. The van der Waals surface area contributed by atoms with Gasteiger partial charge in [-0.3, -0.25) is 0 Å². The van der Waals surface area contributed by atoms with Crippen LogP contribution in [0.15, 0.2) is 11.2 Å². The highest BCUT2D eigenvalue weighted by Crippen LogP contribution is 2.33. The van der Waals surface area contributed by atoms with Gasteiger partial charge in [0.25, 0.3) is 0 Å². The van der Waals surface area contributed by atoms with Crippen molar-refractivity contribution >= 4 is 17.6 Å². The van der Waals surface area contributed by atoms with Crippen molar-refractivity contribution in [3.8, 4) is 0 Å². The first-order chi connectivity index (χ1) is 9.21. The fourth-order valence-corrected chi connectivity index (χ4v) is 3.06. The largest absolute Gasteiger partial charge is 0.356 e. The summed E-state index contributed by atoms with van der Waals surface area (Å²) in [6, 6.07) is 2.05. The molecule has 5 nitrogen and oxygen atoms in total. The molecule has 2 aliphatic heterocycles. The van der Waals surface area contributed by atoms with E-state index >= 15 is 0 Å². The van der Waals surface area contributed by atoms with Gasteiger partial charge in [-0.15, -0.1) is 0 Å². The zero-order valence-electron chi connectivity index (χ0n) is 11.4. The highest BCUT2D eigenvalue weighted by molar-refractivity contribution is 7.98. The molecule has 0 aromatic carbocycles. The predicted octanol–water partition coefficient (Wildman–Crippen LogP) is 1.85. The number of hydrogen-bond acceptors (Lipinski definition) is 6. The summed E-state index contributed by atoms with van der Waals surface area (Å²) < 4.78 is 11.5. The molecule has 0 unspecified atom stereocenters. The van der Waals surface area contributed by atoms with E-state index in [4.69, 9.17) is 9.47 Å². The molecule has 1 spiro atoms. The summed E-state index contributed by atoms with van der Waals surface area (Å²) in [5.74, 6) is 0.700. The number of rotatable bonds is 2. The molecule has 2 saturated heterocycles. The predicted molar refractivity (Wildman–Crippen MR) is 74.6 cm³/mol. The van der Waals surface area contributed by atoms with E-state index in [1.807, 2.05) is 19.2 Å². The molecule has 3 heterocycles. The van der Waals surface area contributed by atoms with Crippen LogP contribution in [0.3, 0.4) is 0 Å². The van der Waals surface area contributed by atoms with Crippen molar-refractivity contribution in [1.82, 2.24) is 9.97 Å². The molecule has 0 N–H and O–H groups in total. The molecule has 0 aliphatic carbocycles. The summed E-state index contributed by atoms with van der Waals surface area (Å²) in [6.07, 6.45) is 3.82. The maximum absolute atomic E-state index is 5.75. The van der Waals surface area contributed by atoms with Gasteiger partial charge in [0.15, 0.2) is 10.9 Å². The maximum atomic E-state index is 5.75. The van der Waals surface area contributed by atoms with Crippen LogP contribution in [0.4, 0.5) is 5.82 Å². The van der Waals surface area contributed by atoms with Gasteiger partial charge in [0.1, 0.15) is 5.82 Å². The van der Waals surface area contributed by atoms with E-state index in [-0.39, 0.29) is 5.79 Å². The van der Waals surface area contributed by atoms with E-state index < -0.39 is 0 Å². The second-order valence-corrected chi connectivity index (χ2v) is 5.72. The minimum atomic E-state index is -0.319. The monoisotopic (exact) mass is 281 g/mol. The number of ether oxygens (including phenoxy) is 2. The van der Waals surface area contributed by atoms with E-state index in [2.05, 4.69) is 14.9 Å². The second kappa shape index (κ2) is 5.26. The average molecular weight is 281 g/mol. The number of thioether (sulfide) groups is 1. The Morgan fingerprint density at radius 3 is 2.53 bits per heavy atom. The highest BCUT2D eigenvalue weighted by Gasteiger charge is 2.40. The Balaban J connectivity index is 1.72. The van der Waals surface area contributed by atoms with Crippen LogP contribution in [0.5, 0.6) is 0 Å². The van der Waals surface area contributed by atoms with E-state index in [1.54, 1.807) is 11.8 Å². The van der Waals surface area contributed by atoms with Crippen molar-refractivity contribution in [3.05, 3.63) is 11.8 Å². The standard InChI is InChI=1S/C13H19N3O2S/c1-10-9-11(15-12(14-10)19-2)16-5-3-13(4-6-16)17-7-8-18-13/h9H,3-8H2,1-2H3. The van der Waals surface area contributed by atoms with Crippen LogP contribution in [0, 0.1) is 6.92 Å². The molecule has 1 aromatic rings. The van der Waals surface area contributed by atoms with Gasteiger partial charge in [0, 0.05) is 37.7 Å². The van der Waals surface area contributed by atoms with Gasteiger partial charge >= 0.3 is 0 Å². The average Bonchev–Trinajstić information content (AvgIpc) is 2.87. The summed E-state index contributed by atoms with van der Waals surface area (Å²) in [5.41, 5.74) is 1.02. The smallest absolute Gasteiger partial charge is 0.189 e. The topological polar surface area (TPSA) is 47.5 Å². The van der Waals surface area contributed by atoms with Crippen molar-refractivity contribution in [2.45, 2.75) is 30.7 Å². The van der Waals surface area contributed by atoms with Gasteiger partial charge in [-0.1, -0.05) is 11.8 Å². The lowest BCUT2D eigenvalue weighted by Crippen LogP contribution is -2.45. The summed E-state index contributed by atoms with van der Waals surface area (Å²) in [7, 11) is 0. The van der Waals surface area contributed by atoms with Crippen molar-refractivity contribution in [2.24, 2.45) is 0 Å². The van der Waals surface area contributed by atoms with Crippen LogP contribution in [-0.4, -0.2) is 48.3 Å². The Morgan fingerprint density at radius 1 is 1.21 bits per heavy atom. The molecule has 2 fully saturated rings. The Labute approximate surface area is 117 Å². The Bertz CT molecular complexity index is 453. The Hall–Kier alpha value is -0.850. The first kappa shape index (κ1) is 13.1. The minimum absolute atomic E-state index is 0.319. The number of hydrogen-bond donors (Lipinski definition) is 0. The van der Waals surface area contributed by atoms with E-state index in [0.717, 1.165) is 55.8 Å². The first-order valence-corrected chi connectivity index (χ1v) is 7.86. The van der Waals surface area contributed by atoms with Crippen LogP contribution in [0.25, 0.3) is 0 Å². The molecular weight excluding hydrogens is 262 g/mol. The van der Waals surface area contributed by atoms with E-state index in [0.29, 0.717) is 0 Å². The molecule has 0 bridgehead atoms. The zero-order chi connectivity index (χ0) is 13.3. The third kappa shape index (κ3) is 2.70. The number of anilines is 1. The van der Waals surface area contributed by atoms with Gasteiger partial charge in [-0.05, 0) is 13.2 Å². The lowest BCUT2D eigenvalue weighted by Gasteiger charge is -2.38. The molecule has 19 heavy (non-hydrogen) atoms. The molecule has 1 aromatic heterocycles. The van der Waals surface area contributed by atoms with E-state index in [9.17, 15) is 0 Å². The first-order valence-electron chi connectivity index (χ1n) is 6.63. The van der Waals surface area contributed by atoms with Crippen molar-refractivity contribution < 1.29 is 9.47 Å². The number of aromatic nitrogens is 2. The molecule has 3 rings (SSSR count). The maximum Gasteiger partial charge on any atom is 0.189 e. The molecular formula is C13H19N3O2S. The van der Waals surface area contributed by atoms with Crippen LogP contribution in [-0.2, 0) is 9.47 Å². The molecule has 0 amide bonds. The van der Waals surface area contributed by atoms with Crippen LogP contribution < -0.4 is 4.90 Å². The summed E-state index contributed by atoms with van der Waals surface area (Å²) >= 11 is 1.58. The normalized spacial score (nSPS) is 22.1. The minimum Gasteiger partial charge on any atom is -0.356 e. The lowest BCUT2D eigenvalue weighted by molar-refractivity contribution is -0.169. The molecule has 0 atom stereocenters. The quantitative estimate of drug-likeness (QED) is 0.609. The molecule has 6 heteroatoms. The Morgan fingerprint density at radius 2 is 1.89 bits per heavy atom. The van der Waals surface area contributed by atoms with E-state index in [1.165, 1.54) is 0 Å². The fourth-order valence-electron chi connectivity index (χ4n) is 2.64. The summed E-state index contributed by atoms with van der Waals surface area (Å²) in [4.78, 5) is 11.3. The van der Waals surface area contributed by atoms with Gasteiger partial charge in [0.2, 0.25) is 0 Å². The van der Waals surface area contributed by atoms with Gasteiger partial charge in [0.05, 0.1) is 13.2 Å². The Kier molecular flexibility index (Phi) is 3.64. The second-order valence-electron chi connectivity index (χ2n) is 4.95. The van der Waals surface area contributed by atoms with Crippen molar-refractivity contribution in [1.29, 1.82) is 0 Å². The number of piperidine rings is 1. The summed E-state index contributed by atoms with van der Waals surface area (Å²) in [6.45, 7) is 5.31. The number of aryl methyl sites for hydroxylation is 1. The van der Waals surface area contributed by atoms with Gasteiger partial charge < -0.3 is 14.4 Å². The van der Waals surface area contributed by atoms with Crippen molar-refractivity contribution in [2.75, 3.05) is 37.5 Å². The third-order valence-corrected chi connectivity index (χ3v) is 4.21. The molecule has 104 valence electrons. The molecule has 2 aliphatic rings.